The molecule has 0 saturated heterocycles. The van der Waals surface area contributed by atoms with Crippen LogP contribution < -0.4 is 0 Å². The number of imidazole rings is 1. The molecule has 32 heavy (non-hydrogen) atoms. The summed E-state index contributed by atoms with van der Waals surface area (Å²) in [4.78, 5) is 9.36. The first-order valence-corrected chi connectivity index (χ1v) is 10.6. The molecule has 0 aliphatic carbocycles. The van der Waals surface area contributed by atoms with Gasteiger partial charge in [0.15, 0.2) is 5.60 Å². The number of aromatic nitrogens is 3. The lowest BCUT2D eigenvalue weighted by Crippen LogP contribution is -2.32. The molecule has 0 bridgehead atoms. The van der Waals surface area contributed by atoms with Crippen LogP contribution in [0.1, 0.15) is 11.3 Å². The third-order valence-electron chi connectivity index (χ3n) is 5.59. The Morgan fingerprint density at radius 2 is 1.56 bits per heavy atom. The number of benzene rings is 2. The van der Waals surface area contributed by atoms with Crippen LogP contribution in [0, 0.1) is 0 Å². The van der Waals surface area contributed by atoms with E-state index in [2.05, 4.69) is 4.98 Å². The lowest BCUT2D eigenvalue weighted by atomic mass is 9.90. The van der Waals surface area contributed by atoms with E-state index >= 15 is 0 Å². The second-order valence-electron chi connectivity index (χ2n) is 7.56. The second-order valence-corrected chi connectivity index (χ2v) is 8.00. The minimum Gasteiger partial charge on any atom is -0.393 e. The summed E-state index contributed by atoms with van der Waals surface area (Å²) in [7, 11) is 0. The smallest absolute Gasteiger partial charge is 0.154 e. The summed E-state index contributed by atoms with van der Waals surface area (Å²) < 4.78 is 2.01. The molecule has 0 aliphatic heterocycles. The number of aliphatic hydroxyl groups excluding tert-OH is 1. The van der Waals surface area contributed by atoms with Crippen molar-refractivity contribution in [1.82, 2.24) is 14.4 Å². The van der Waals surface area contributed by atoms with Crippen LogP contribution in [0.25, 0.3) is 28.2 Å². The standard InChI is InChI=1S/C26H20ClN3O2/c27-21-12-9-18(10-13-21)24-25(30-15-5-4-8-23(30)29-24)19-11-14-22(28-16-19)26(32,17-31)20-6-2-1-3-7-20/h1-16,31-32H,17H2. The maximum atomic E-state index is 11.2. The molecule has 3 heterocycles. The van der Waals surface area contributed by atoms with Crippen LogP contribution in [0.5, 0.6) is 0 Å². The summed E-state index contributed by atoms with van der Waals surface area (Å²) in [5, 5.41) is 21.8. The van der Waals surface area contributed by atoms with E-state index in [4.69, 9.17) is 16.6 Å². The predicted octanol–water partition coefficient (Wildman–Crippen LogP) is 4.94. The Morgan fingerprint density at radius 1 is 0.844 bits per heavy atom. The van der Waals surface area contributed by atoms with Gasteiger partial charge in [-0.05, 0) is 42.0 Å². The highest BCUT2D eigenvalue weighted by molar-refractivity contribution is 6.30. The summed E-state index contributed by atoms with van der Waals surface area (Å²) in [5.74, 6) is 0. The van der Waals surface area contributed by atoms with Gasteiger partial charge in [0.05, 0.1) is 23.7 Å². The first-order valence-electron chi connectivity index (χ1n) is 10.2. The fraction of sp³-hybridized carbons (Fsp3) is 0.0769. The molecule has 158 valence electrons. The monoisotopic (exact) mass is 441 g/mol. The summed E-state index contributed by atoms with van der Waals surface area (Å²) in [6.45, 7) is -0.477. The van der Waals surface area contributed by atoms with E-state index in [-0.39, 0.29) is 0 Å². The molecule has 0 spiro atoms. The van der Waals surface area contributed by atoms with E-state index in [1.54, 1.807) is 24.4 Å². The van der Waals surface area contributed by atoms with Crippen LogP contribution in [0.2, 0.25) is 5.02 Å². The highest BCUT2D eigenvalue weighted by Gasteiger charge is 2.32. The van der Waals surface area contributed by atoms with Crippen LogP contribution in [0.3, 0.4) is 0 Å². The number of fused-ring (bicyclic) bond motifs is 1. The Balaban J connectivity index is 1.64. The first kappa shape index (κ1) is 20.4. The van der Waals surface area contributed by atoms with Gasteiger partial charge in [-0.25, -0.2) is 4.98 Å². The Kier molecular flexibility index (Phi) is 5.23. The number of halogens is 1. The largest absolute Gasteiger partial charge is 0.393 e. The average Bonchev–Trinajstić information content (AvgIpc) is 3.24. The molecule has 5 rings (SSSR count). The van der Waals surface area contributed by atoms with E-state index < -0.39 is 12.2 Å². The van der Waals surface area contributed by atoms with Gasteiger partial charge in [0.2, 0.25) is 0 Å². The van der Waals surface area contributed by atoms with Crippen LogP contribution in [-0.4, -0.2) is 31.2 Å². The third-order valence-corrected chi connectivity index (χ3v) is 5.84. The van der Waals surface area contributed by atoms with Crippen molar-refractivity contribution < 1.29 is 10.2 Å². The Labute approximate surface area is 190 Å². The predicted molar refractivity (Wildman–Crippen MR) is 125 cm³/mol. The topological polar surface area (TPSA) is 70.7 Å². The number of hydrogen-bond donors (Lipinski definition) is 2. The maximum Gasteiger partial charge on any atom is 0.154 e. The third kappa shape index (κ3) is 3.46. The zero-order valence-corrected chi connectivity index (χ0v) is 17.8. The van der Waals surface area contributed by atoms with Gasteiger partial charge in [-0.1, -0.05) is 60.1 Å². The number of nitrogens with zero attached hydrogens (tertiary/aromatic N) is 3. The molecule has 5 nitrogen and oxygen atoms in total. The molecule has 0 aliphatic rings. The molecule has 1 unspecified atom stereocenters. The van der Waals surface area contributed by atoms with Crippen molar-refractivity contribution >= 4 is 17.2 Å². The van der Waals surface area contributed by atoms with Crippen molar-refractivity contribution in [2.45, 2.75) is 5.60 Å². The Hall–Kier alpha value is -3.51. The molecule has 0 amide bonds. The highest BCUT2D eigenvalue weighted by atomic mass is 35.5. The van der Waals surface area contributed by atoms with Gasteiger partial charge in [-0.2, -0.15) is 0 Å². The molecule has 0 fully saturated rings. The van der Waals surface area contributed by atoms with Crippen molar-refractivity contribution in [1.29, 1.82) is 0 Å². The molecule has 2 N–H and O–H groups in total. The van der Waals surface area contributed by atoms with Crippen LogP contribution in [0.4, 0.5) is 0 Å². The van der Waals surface area contributed by atoms with Crippen LogP contribution in [0.15, 0.2) is 97.3 Å². The van der Waals surface area contributed by atoms with Gasteiger partial charge >= 0.3 is 0 Å². The lowest BCUT2D eigenvalue weighted by molar-refractivity contribution is 0.0137. The van der Waals surface area contributed by atoms with Gasteiger partial charge in [-0.15, -0.1) is 0 Å². The van der Waals surface area contributed by atoms with Crippen molar-refractivity contribution in [3.63, 3.8) is 0 Å². The van der Waals surface area contributed by atoms with Crippen molar-refractivity contribution in [3.05, 3.63) is 114 Å². The van der Waals surface area contributed by atoms with E-state index in [1.165, 1.54) is 0 Å². The minimum absolute atomic E-state index is 0.372. The van der Waals surface area contributed by atoms with Gasteiger partial charge in [0, 0.05) is 28.5 Å². The Bertz CT molecular complexity index is 1370. The molecule has 5 aromatic rings. The molecule has 3 aromatic heterocycles. The zero-order chi connectivity index (χ0) is 22.1. The van der Waals surface area contributed by atoms with E-state index in [1.807, 2.05) is 77.3 Å². The van der Waals surface area contributed by atoms with Crippen molar-refractivity contribution in [2.24, 2.45) is 0 Å². The SMILES string of the molecule is OCC(O)(c1ccccc1)c1ccc(-c2c(-c3ccc(Cl)cc3)nc3ccccn23)cn1. The molecule has 0 saturated carbocycles. The van der Waals surface area contributed by atoms with E-state index in [9.17, 15) is 10.2 Å². The van der Waals surface area contributed by atoms with Gasteiger partial charge in [0.1, 0.15) is 5.65 Å². The average molecular weight is 442 g/mol. The highest BCUT2D eigenvalue weighted by Crippen LogP contribution is 2.34. The minimum atomic E-state index is -1.59. The molecular formula is C26H20ClN3O2. The van der Waals surface area contributed by atoms with Gasteiger partial charge < -0.3 is 10.2 Å². The van der Waals surface area contributed by atoms with Gasteiger partial charge in [-0.3, -0.25) is 9.38 Å². The lowest BCUT2D eigenvalue weighted by Gasteiger charge is -2.26. The normalized spacial score (nSPS) is 13.2. The quantitative estimate of drug-likeness (QED) is 0.405. The van der Waals surface area contributed by atoms with Crippen LogP contribution >= 0.6 is 11.6 Å². The fourth-order valence-corrected chi connectivity index (χ4v) is 4.02. The number of hydrogen-bond acceptors (Lipinski definition) is 4. The maximum absolute atomic E-state index is 11.2. The van der Waals surface area contributed by atoms with Crippen LogP contribution in [-0.2, 0) is 5.60 Å². The first-order chi connectivity index (χ1) is 15.6. The fourth-order valence-electron chi connectivity index (χ4n) is 3.89. The van der Waals surface area contributed by atoms with E-state index in [0.717, 1.165) is 28.2 Å². The summed E-state index contributed by atoms with van der Waals surface area (Å²) in [6, 6.07) is 26.1. The summed E-state index contributed by atoms with van der Waals surface area (Å²) in [5.41, 5.74) is 3.65. The molecule has 1 atom stereocenters. The number of rotatable bonds is 5. The number of pyridine rings is 2. The molecule has 2 aromatic carbocycles. The van der Waals surface area contributed by atoms with Crippen molar-refractivity contribution in [3.8, 4) is 22.5 Å². The van der Waals surface area contributed by atoms with E-state index in [0.29, 0.717) is 16.3 Å². The second kappa shape index (κ2) is 8.20. The summed E-state index contributed by atoms with van der Waals surface area (Å²) in [6.07, 6.45) is 3.66. The zero-order valence-electron chi connectivity index (χ0n) is 17.1. The Morgan fingerprint density at radius 3 is 2.25 bits per heavy atom. The molecule has 6 heteroatoms. The molecule has 0 radical (unpaired) electrons. The number of aliphatic hydroxyl groups is 2. The molecular weight excluding hydrogens is 422 g/mol. The summed E-state index contributed by atoms with van der Waals surface area (Å²) >= 11 is 6.08. The van der Waals surface area contributed by atoms with Crippen molar-refractivity contribution in [2.75, 3.05) is 6.61 Å². The van der Waals surface area contributed by atoms with Gasteiger partial charge in [0.25, 0.3) is 0 Å².